The molecule has 31 heavy (non-hydrogen) atoms. The number of carbonyl (C=O) groups is 2. The van der Waals surface area contributed by atoms with E-state index in [1.807, 2.05) is 42.5 Å². The largest absolute Gasteiger partial charge is 0.484 e. The number of hydrogen-bond acceptors (Lipinski definition) is 5. The summed E-state index contributed by atoms with van der Waals surface area (Å²) in [5.41, 5.74) is 1.77. The van der Waals surface area contributed by atoms with Crippen LogP contribution in [0, 0.1) is 0 Å². The van der Waals surface area contributed by atoms with Crippen LogP contribution in [-0.4, -0.2) is 55.8 Å². The lowest BCUT2D eigenvalue weighted by Gasteiger charge is -2.28. The molecule has 2 aromatic carbocycles. The molecule has 2 saturated heterocycles. The quantitative estimate of drug-likeness (QED) is 0.658. The van der Waals surface area contributed by atoms with Crippen molar-refractivity contribution in [3.05, 3.63) is 60.2 Å². The smallest absolute Gasteiger partial charge is 0.261 e. The maximum Gasteiger partial charge on any atom is 0.261 e. The molecule has 0 saturated carbocycles. The topological polar surface area (TPSA) is 84.0 Å². The highest BCUT2D eigenvalue weighted by Crippen LogP contribution is 2.24. The van der Waals surface area contributed by atoms with Crippen LogP contribution in [0.3, 0.4) is 0 Å². The summed E-state index contributed by atoms with van der Waals surface area (Å²) in [6.45, 7) is 0.890. The van der Waals surface area contributed by atoms with Gasteiger partial charge in [-0.25, -0.2) is 8.42 Å². The molecule has 7 nitrogen and oxygen atoms in total. The average Bonchev–Trinajstić information content (AvgIpc) is 3.36. The predicted molar refractivity (Wildman–Crippen MR) is 118 cm³/mol. The fourth-order valence-electron chi connectivity index (χ4n) is 4.09. The molecule has 0 aromatic heterocycles. The Balaban J connectivity index is 1.41. The summed E-state index contributed by atoms with van der Waals surface area (Å²) in [4.78, 5) is 28.2. The van der Waals surface area contributed by atoms with Gasteiger partial charge in [-0.2, -0.15) is 0 Å². The van der Waals surface area contributed by atoms with E-state index >= 15 is 0 Å². The van der Waals surface area contributed by atoms with Gasteiger partial charge in [-0.15, -0.1) is 0 Å². The summed E-state index contributed by atoms with van der Waals surface area (Å²) < 4.78 is 29.6. The first kappa shape index (κ1) is 21.4. The minimum atomic E-state index is -3.12. The van der Waals surface area contributed by atoms with Crippen LogP contribution in [0.4, 0.5) is 5.69 Å². The van der Waals surface area contributed by atoms with E-state index in [0.29, 0.717) is 25.1 Å². The minimum Gasteiger partial charge on any atom is -0.484 e. The molecule has 0 unspecified atom stereocenters. The number of nitrogens with zero attached hydrogens (tertiary/aromatic N) is 2. The highest BCUT2D eigenvalue weighted by Gasteiger charge is 2.34. The van der Waals surface area contributed by atoms with Crippen LogP contribution < -0.4 is 9.64 Å². The first-order valence-electron chi connectivity index (χ1n) is 10.5. The van der Waals surface area contributed by atoms with Gasteiger partial charge >= 0.3 is 0 Å². The van der Waals surface area contributed by atoms with Gasteiger partial charge in [0.15, 0.2) is 16.4 Å². The van der Waals surface area contributed by atoms with Crippen molar-refractivity contribution in [2.75, 3.05) is 29.6 Å². The molecule has 0 bridgehead atoms. The summed E-state index contributed by atoms with van der Waals surface area (Å²) in [5.74, 6) is 0.497. The summed E-state index contributed by atoms with van der Waals surface area (Å²) >= 11 is 0. The van der Waals surface area contributed by atoms with Crippen LogP contribution in [0.1, 0.15) is 24.8 Å². The van der Waals surface area contributed by atoms with Crippen molar-refractivity contribution in [2.45, 2.75) is 31.8 Å². The summed E-state index contributed by atoms with van der Waals surface area (Å²) in [5, 5.41) is 0. The van der Waals surface area contributed by atoms with Crippen LogP contribution in [0.5, 0.6) is 5.75 Å². The minimum absolute atomic E-state index is 0.00979. The molecule has 0 aliphatic carbocycles. The van der Waals surface area contributed by atoms with Crippen molar-refractivity contribution in [1.29, 1.82) is 0 Å². The second-order valence-electron chi connectivity index (χ2n) is 8.00. The zero-order valence-electron chi connectivity index (χ0n) is 17.3. The highest BCUT2D eigenvalue weighted by atomic mass is 32.2. The van der Waals surface area contributed by atoms with Gasteiger partial charge < -0.3 is 14.5 Å². The zero-order chi connectivity index (χ0) is 21.8. The van der Waals surface area contributed by atoms with Crippen LogP contribution in [0.15, 0.2) is 54.6 Å². The molecule has 8 heteroatoms. The van der Waals surface area contributed by atoms with E-state index in [0.717, 1.165) is 24.2 Å². The molecule has 1 atom stereocenters. The maximum atomic E-state index is 13.0. The Labute approximate surface area is 182 Å². The molecular formula is C23H26N2O5S. The fourth-order valence-corrected chi connectivity index (χ4v) is 5.82. The van der Waals surface area contributed by atoms with Crippen molar-refractivity contribution >= 4 is 27.3 Å². The molecule has 2 heterocycles. The number of hydrogen-bond donors (Lipinski definition) is 0. The van der Waals surface area contributed by atoms with E-state index in [1.165, 1.54) is 0 Å². The normalized spacial score (nSPS) is 20.1. The summed E-state index contributed by atoms with van der Waals surface area (Å²) in [6, 6.07) is 16.3. The van der Waals surface area contributed by atoms with Crippen LogP contribution in [0.2, 0.25) is 0 Å². The van der Waals surface area contributed by atoms with Crippen molar-refractivity contribution in [3.63, 3.8) is 0 Å². The number of sulfone groups is 1. The molecule has 0 spiro atoms. The lowest BCUT2D eigenvalue weighted by Crippen LogP contribution is -2.43. The van der Waals surface area contributed by atoms with Gasteiger partial charge in [0.05, 0.1) is 11.5 Å². The third kappa shape index (κ3) is 5.25. The van der Waals surface area contributed by atoms with E-state index in [-0.39, 0.29) is 36.0 Å². The Hall–Kier alpha value is -2.87. The van der Waals surface area contributed by atoms with Crippen molar-refractivity contribution in [1.82, 2.24) is 4.90 Å². The number of carbonyl (C=O) groups excluding carboxylic acids is 2. The molecular weight excluding hydrogens is 416 g/mol. The Morgan fingerprint density at radius 3 is 2.45 bits per heavy atom. The van der Waals surface area contributed by atoms with Crippen LogP contribution in [0.25, 0.3) is 0 Å². The molecule has 2 aliphatic heterocycles. The van der Waals surface area contributed by atoms with Gasteiger partial charge in [0.25, 0.3) is 5.91 Å². The molecule has 2 amide bonds. The first-order valence-corrected chi connectivity index (χ1v) is 12.3. The number of rotatable bonds is 7. The zero-order valence-corrected chi connectivity index (χ0v) is 18.1. The van der Waals surface area contributed by atoms with E-state index in [1.54, 1.807) is 21.9 Å². The lowest BCUT2D eigenvalue weighted by atomic mass is 10.1. The van der Waals surface area contributed by atoms with Crippen molar-refractivity contribution in [2.24, 2.45) is 0 Å². The monoisotopic (exact) mass is 442 g/mol. The Morgan fingerprint density at radius 2 is 1.84 bits per heavy atom. The molecule has 0 radical (unpaired) electrons. The third-order valence-electron chi connectivity index (χ3n) is 5.75. The van der Waals surface area contributed by atoms with E-state index < -0.39 is 9.84 Å². The Bertz CT molecular complexity index is 1040. The molecule has 2 fully saturated rings. The molecule has 0 N–H and O–H groups in total. The second-order valence-corrected chi connectivity index (χ2v) is 10.2. The third-order valence-corrected chi connectivity index (χ3v) is 7.50. The predicted octanol–water partition coefficient (Wildman–Crippen LogP) is 2.41. The number of amides is 2. The SMILES string of the molecule is O=C1CCCN1c1ccc(OCC(=O)N(Cc2ccccc2)[C@@H]2CCS(=O)(=O)C2)cc1. The number of anilines is 1. The number of ether oxygens (including phenoxy) is 1. The van der Waals surface area contributed by atoms with Gasteiger partial charge in [-0.1, -0.05) is 30.3 Å². The van der Waals surface area contributed by atoms with E-state index in [4.69, 9.17) is 4.74 Å². The number of benzene rings is 2. The van der Waals surface area contributed by atoms with Gasteiger partial charge in [0, 0.05) is 31.2 Å². The molecule has 2 aliphatic rings. The van der Waals surface area contributed by atoms with Gasteiger partial charge in [0.1, 0.15) is 5.75 Å². The average molecular weight is 443 g/mol. The van der Waals surface area contributed by atoms with Crippen LogP contribution >= 0.6 is 0 Å². The van der Waals surface area contributed by atoms with Crippen LogP contribution in [-0.2, 0) is 26.0 Å². The molecule has 164 valence electrons. The molecule has 2 aromatic rings. The van der Waals surface area contributed by atoms with Crippen molar-refractivity contribution in [3.8, 4) is 5.75 Å². The van der Waals surface area contributed by atoms with Gasteiger partial charge in [-0.3, -0.25) is 9.59 Å². The van der Waals surface area contributed by atoms with Gasteiger partial charge in [0.2, 0.25) is 5.91 Å². The Morgan fingerprint density at radius 1 is 1.10 bits per heavy atom. The maximum absolute atomic E-state index is 13.0. The van der Waals surface area contributed by atoms with E-state index in [9.17, 15) is 18.0 Å². The molecule has 4 rings (SSSR count). The summed E-state index contributed by atoms with van der Waals surface area (Å²) in [6.07, 6.45) is 1.88. The second kappa shape index (κ2) is 9.09. The highest BCUT2D eigenvalue weighted by molar-refractivity contribution is 7.91. The van der Waals surface area contributed by atoms with Gasteiger partial charge in [-0.05, 0) is 42.7 Å². The lowest BCUT2D eigenvalue weighted by molar-refractivity contribution is -0.136. The van der Waals surface area contributed by atoms with E-state index in [2.05, 4.69) is 0 Å². The van der Waals surface area contributed by atoms with Crippen molar-refractivity contribution < 1.29 is 22.7 Å². The fraction of sp³-hybridized carbons (Fsp3) is 0.391. The Kier molecular flexibility index (Phi) is 6.27. The standard InChI is InChI=1S/C23H26N2O5S/c26-22-7-4-13-24(22)19-8-10-21(11-9-19)30-16-23(27)25(15-18-5-2-1-3-6-18)20-12-14-31(28,29)17-20/h1-3,5-6,8-11,20H,4,7,12-17H2/t20-/m1/s1. The first-order chi connectivity index (χ1) is 14.9. The summed E-state index contributed by atoms with van der Waals surface area (Å²) in [7, 11) is -3.12.